The number of pyridine rings is 1. The Morgan fingerprint density at radius 1 is 1.27 bits per heavy atom. The van der Waals surface area contributed by atoms with Gasteiger partial charge in [0.2, 0.25) is 0 Å². The minimum absolute atomic E-state index is 0.256. The first kappa shape index (κ1) is 15.1. The highest BCUT2D eigenvalue weighted by Crippen LogP contribution is 2.27. The number of halogens is 2. The molecule has 0 aliphatic rings. The van der Waals surface area contributed by atoms with Crippen LogP contribution in [0.25, 0.3) is 11.3 Å². The molecule has 3 aromatic rings. The van der Waals surface area contributed by atoms with E-state index in [-0.39, 0.29) is 11.6 Å². The van der Waals surface area contributed by atoms with Crippen LogP contribution < -0.4 is 5.32 Å². The second kappa shape index (κ2) is 6.56. The number of carbonyl (C=O) groups excluding carboxylic acids is 1. The third-order valence-electron chi connectivity index (χ3n) is 2.80. The van der Waals surface area contributed by atoms with Crippen molar-refractivity contribution in [1.82, 2.24) is 9.97 Å². The predicted octanol–water partition coefficient (Wildman–Crippen LogP) is 4.87. The van der Waals surface area contributed by atoms with E-state index in [0.717, 1.165) is 15.7 Å². The average Bonchev–Trinajstić information content (AvgIpc) is 2.96. The average molecular weight is 395 g/mol. The van der Waals surface area contributed by atoms with Crippen molar-refractivity contribution in [2.75, 3.05) is 5.32 Å². The second-order valence-electron chi connectivity index (χ2n) is 4.36. The van der Waals surface area contributed by atoms with Gasteiger partial charge in [-0.3, -0.25) is 15.1 Å². The second-order valence-corrected chi connectivity index (χ2v) is 6.57. The number of hydrogen-bond donors (Lipinski definition) is 1. The number of thiazole rings is 1. The molecular formula is C15H9BrClN3OS. The summed E-state index contributed by atoms with van der Waals surface area (Å²) in [4.78, 5) is 20.5. The van der Waals surface area contributed by atoms with Crippen molar-refractivity contribution in [2.24, 2.45) is 0 Å². The van der Waals surface area contributed by atoms with Crippen molar-refractivity contribution in [1.29, 1.82) is 0 Å². The van der Waals surface area contributed by atoms with Crippen LogP contribution in [0.1, 0.15) is 10.5 Å². The fraction of sp³-hybridized carbons (Fsp3) is 0. The van der Waals surface area contributed by atoms with Gasteiger partial charge < -0.3 is 0 Å². The van der Waals surface area contributed by atoms with Gasteiger partial charge in [-0.15, -0.1) is 11.3 Å². The molecule has 2 aromatic heterocycles. The van der Waals surface area contributed by atoms with Crippen molar-refractivity contribution in [2.45, 2.75) is 0 Å². The number of hydrogen-bond acceptors (Lipinski definition) is 4. The summed E-state index contributed by atoms with van der Waals surface area (Å²) in [7, 11) is 0. The van der Waals surface area contributed by atoms with E-state index >= 15 is 0 Å². The Bertz CT molecular complexity index is 837. The van der Waals surface area contributed by atoms with E-state index in [9.17, 15) is 4.79 Å². The molecule has 0 aliphatic carbocycles. The zero-order valence-electron chi connectivity index (χ0n) is 11.1. The van der Waals surface area contributed by atoms with Crippen LogP contribution in [-0.4, -0.2) is 15.9 Å². The molecule has 0 aliphatic heterocycles. The Hall–Kier alpha value is -1.76. The molecule has 0 saturated carbocycles. The van der Waals surface area contributed by atoms with Gasteiger partial charge >= 0.3 is 0 Å². The third kappa shape index (κ3) is 3.52. The largest absolute Gasteiger partial charge is 0.296 e. The lowest BCUT2D eigenvalue weighted by atomic mass is 10.2. The molecule has 4 nitrogen and oxygen atoms in total. The molecule has 3 rings (SSSR count). The Balaban J connectivity index is 1.78. The van der Waals surface area contributed by atoms with Crippen LogP contribution in [0.3, 0.4) is 0 Å². The van der Waals surface area contributed by atoms with Gasteiger partial charge in [0.05, 0.1) is 5.69 Å². The lowest BCUT2D eigenvalue weighted by molar-refractivity contribution is 0.102. The van der Waals surface area contributed by atoms with Gasteiger partial charge in [-0.25, -0.2) is 4.98 Å². The van der Waals surface area contributed by atoms with Gasteiger partial charge in [-0.2, -0.15) is 0 Å². The summed E-state index contributed by atoms with van der Waals surface area (Å²) in [6, 6.07) is 11.0. The minimum Gasteiger partial charge on any atom is -0.296 e. The highest BCUT2D eigenvalue weighted by Gasteiger charge is 2.11. The first-order valence-electron chi connectivity index (χ1n) is 6.26. The number of benzene rings is 1. The number of aromatic nitrogens is 2. The topological polar surface area (TPSA) is 54.9 Å². The fourth-order valence-corrected chi connectivity index (χ4v) is 3.08. The van der Waals surface area contributed by atoms with Gasteiger partial charge in [-0.1, -0.05) is 39.7 Å². The van der Waals surface area contributed by atoms with E-state index in [1.807, 2.05) is 29.6 Å². The summed E-state index contributed by atoms with van der Waals surface area (Å²) in [5.74, 6) is -0.336. The number of nitrogens with zero attached hydrogens (tertiary/aromatic N) is 2. The SMILES string of the molecule is O=C(Nc1nc(-c2cccc(Br)c2)cs1)c1cc(Cl)ccn1. The standard InChI is InChI=1S/C15H9BrClN3OS/c16-10-3-1-2-9(6-10)13-8-22-15(19-13)20-14(21)12-7-11(17)4-5-18-12/h1-8H,(H,19,20,21). The smallest absolute Gasteiger partial charge is 0.276 e. The van der Waals surface area contributed by atoms with Crippen LogP contribution in [-0.2, 0) is 0 Å². The summed E-state index contributed by atoms with van der Waals surface area (Å²) in [6.07, 6.45) is 1.49. The molecule has 110 valence electrons. The first-order valence-corrected chi connectivity index (χ1v) is 8.31. The number of amides is 1. The normalized spacial score (nSPS) is 10.5. The molecule has 22 heavy (non-hydrogen) atoms. The molecule has 2 heterocycles. The molecule has 0 radical (unpaired) electrons. The Kier molecular flexibility index (Phi) is 4.52. The summed E-state index contributed by atoms with van der Waals surface area (Å²) >= 11 is 10.6. The Morgan fingerprint density at radius 2 is 2.14 bits per heavy atom. The molecule has 0 spiro atoms. The number of nitrogens with one attached hydrogen (secondary N) is 1. The molecule has 0 saturated heterocycles. The fourth-order valence-electron chi connectivity index (χ4n) is 1.80. The summed E-state index contributed by atoms with van der Waals surface area (Å²) in [5, 5.41) is 5.60. The maximum Gasteiger partial charge on any atom is 0.276 e. The molecule has 0 atom stereocenters. The van der Waals surface area contributed by atoms with Gasteiger partial charge in [-0.05, 0) is 24.3 Å². The molecule has 1 aromatic carbocycles. The molecule has 1 amide bonds. The van der Waals surface area contributed by atoms with E-state index in [1.165, 1.54) is 23.6 Å². The van der Waals surface area contributed by atoms with Crippen LogP contribution in [0, 0.1) is 0 Å². The van der Waals surface area contributed by atoms with Crippen LogP contribution in [0.15, 0.2) is 52.4 Å². The molecule has 0 bridgehead atoms. The van der Waals surface area contributed by atoms with Crippen LogP contribution >= 0.6 is 38.9 Å². The van der Waals surface area contributed by atoms with Gasteiger partial charge in [0.15, 0.2) is 5.13 Å². The highest BCUT2D eigenvalue weighted by molar-refractivity contribution is 9.10. The van der Waals surface area contributed by atoms with E-state index in [4.69, 9.17) is 11.6 Å². The number of rotatable bonds is 3. The summed E-state index contributed by atoms with van der Waals surface area (Å²) in [6.45, 7) is 0. The Morgan fingerprint density at radius 3 is 2.91 bits per heavy atom. The maximum absolute atomic E-state index is 12.1. The van der Waals surface area contributed by atoms with Crippen LogP contribution in [0.4, 0.5) is 5.13 Å². The zero-order chi connectivity index (χ0) is 15.5. The molecule has 7 heteroatoms. The lowest BCUT2D eigenvalue weighted by Crippen LogP contribution is -2.13. The van der Waals surface area contributed by atoms with Crippen molar-refractivity contribution in [3.63, 3.8) is 0 Å². The van der Waals surface area contributed by atoms with Crippen molar-refractivity contribution < 1.29 is 4.79 Å². The summed E-state index contributed by atoms with van der Waals surface area (Å²) in [5.41, 5.74) is 2.04. The van der Waals surface area contributed by atoms with Gasteiger partial charge in [0, 0.05) is 26.6 Å². The maximum atomic E-state index is 12.1. The molecular weight excluding hydrogens is 386 g/mol. The van der Waals surface area contributed by atoms with Crippen molar-refractivity contribution >= 4 is 49.9 Å². The van der Waals surface area contributed by atoms with Gasteiger partial charge in [0.25, 0.3) is 5.91 Å². The highest BCUT2D eigenvalue weighted by atomic mass is 79.9. The van der Waals surface area contributed by atoms with Crippen molar-refractivity contribution in [3.8, 4) is 11.3 Å². The zero-order valence-corrected chi connectivity index (χ0v) is 14.2. The molecule has 0 unspecified atom stereocenters. The predicted molar refractivity (Wildman–Crippen MR) is 92.5 cm³/mol. The Labute approximate surface area is 144 Å². The van der Waals surface area contributed by atoms with Gasteiger partial charge in [0.1, 0.15) is 5.69 Å². The van der Waals surface area contributed by atoms with Crippen molar-refractivity contribution in [3.05, 3.63) is 63.2 Å². The van der Waals surface area contributed by atoms with E-state index in [0.29, 0.717) is 10.2 Å². The first-order chi connectivity index (χ1) is 10.6. The number of carbonyl (C=O) groups is 1. The van der Waals surface area contributed by atoms with E-state index in [2.05, 4.69) is 31.2 Å². The number of anilines is 1. The molecule has 0 fully saturated rings. The monoisotopic (exact) mass is 393 g/mol. The third-order valence-corrected chi connectivity index (χ3v) is 4.29. The van der Waals surface area contributed by atoms with E-state index < -0.39 is 0 Å². The van der Waals surface area contributed by atoms with Crippen LogP contribution in [0.2, 0.25) is 5.02 Å². The van der Waals surface area contributed by atoms with E-state index in [1.54, 1.807) is 6.07 Å². The summed E-state index contributed by atoms with van der Waals surface area (Å²) < 4.78 is 0.978. The minimum atomic E-state index is -0.336. The molecule has 1 N–H and O–H groups in total. The van der Waals surface area contributed by atoms with Crippen LogP contribution in [0.5, 0.6) is 0 Å². The lowest BCUT2D eigenvalue weighted by Gasteiger charge is -2.01. The quantitative estimate of drug-likeness (QED) is 0.689.